The second kappa shape index (κ2) is 9.30. The molecule has 0 aromatic rings. The number of nitrogens with zero attached hydrogens (tertiary/aromatic N) is 1. The Balaban J connectivity index is 0.00000242. The topological polar surface area (TPSA) is 45.6 Å². The molecule has 4 nitrogen and oxygen atoms in total. The van der Waals surface area contributed by atoms with Crippen molar-refractivity contribution in [3.63, 3.8) is 0 Å². The van der Waals surface area contributed by atoms with Crippen LogP contribution in [0, 0.1) is 10.8 Å². The number of hydrogen-bond donors (Lipinski definition) is 2. The van der Waals surface area contributed by atoms with Crippen molar-refractivity contribution in [2.75, 3.05) is 33.4 Å². The largest absolute Gasteiger partial charge is 0.382 e. The maximum absolute atomic E-state index is 5.50. The zero-order valence-electron chi connectivity index (χ0n) is 14.5. The SMILES string of the molecule is CCOCCC1(CNC(=NC)NCC2(CC)CCC2)CC1.I. The first-order valence-electron chi connectivity index (χ1n) is 8.70. The van der Waals surface area contributed by atoms with Crippen LogP contribution in [-0.2, 0) is 4.74 Å². The van der Waals surface area contributed by atoms with Gasteiger partial charge in [0.25, 0.3) is 0 Å². The minimum Gasteiger partial charge on any atom is -0.382 e. The van der Waals surface area contributed by atoms with E-state index in [1.54, 1.807) is 0 Å². The molecule has 2 aliphatic carbocycles. The monoisotopic (exact) mass is 423 g/mol. The van der Waals surface area contributed by atoms with E-state index in [0.717, 1.165) is 32.3 Å². The average molecular weight is 423 g/mol. The van der Waals surface area contributed by atoms with Crippen molar-refractivity contribution in [1.29, 1.82) is 0 Å². The molecule has 0 aliphatic heterocycles. The van der Waals surface area contributed by atoms with E-state index in [2.05, 4.69) is 29.5 Å². The minimum absolute atomic E-state index is 0. The molecule has 0 bridgehead atoms. The summed E-state index contributed by atoms with van der Waals surface area (Å²) >= 11 is 0. The van der Waals surface area contributed by atoms with Gasteiger partial charge in [0.1, 0.15) is 0 Å². The quantitative estimate of drug-likeness (QED) is 0.258. The second-order valence-corrected chi connectivity index (χ2v) is 6.93. The van der Waals surface area contributed by atoms with Gasteiger partial charge in [0.2, 0.25) is 0 Å². The van der Waals surface area contributed by atoms with E-state index in [-0.39, 0.29) is 24.0 Å². The van der Waals surface area contributed by atoms with Gasteiger partial charge in [-0.3, -0.25) is 4.99 Å². The van der Waals surface area contributed by atoms with Crippen molar-refractivity contribution in [3.8, 4) is 0 Å². The zero-order chi connectivity index (χ0) is 15.2. The molecule has 2 saturated carbocycles. The first-order chi connectivity index (χ1) is 10.2. The Hall–Kier alpha value is -0.0400. The number of halogens is 1. The molecule has 2 fully saturated rings. The van der Waals surface area contributed by atoms with Gasteiger partial charge in [0.05, 0.1) is 0 Å². The van der Waals surface area contributed by atoms with E-state index in [4.69, 9.17) is 4.74 Å². The molecule has 0 amide bonds. The Morgan fingerprint density at radius 2 is 1.68 bits per heavy atom. The molecule has 0 heterocycles. The first kappa shape index (κ1) is 20.0. The lowest BCUT2D eigenvalue weighted by molar-refractivity contribution is 0.128. The van der Waals surface area contributed by atoms with Crippen LogP contribution in [0.4, 0.5) is 0 Å². The molecule has 0 atom stereocenters. The molecule has 22 heavy (non-hydrogen) atoms. The van der Waals surface area contributed by atoms with E-state index in [1.807, 2.05) is 7.05 Å². The second-order valence-electron chi connectivity index (χ2n) is 6.93. The molecule has 0 unspecified atom stereocenters. The summed E-state index contributed by atoms with van der Waals surface area (Å²) in [5.74, 6) is 0.970. The summed E-state index contributed by atoms with van der Waals surface area (Å²) in [4.78, 5) is 4.37. The number of hydrogen-bond acceptors (Lipinski definition) is 2. The summed E-state index contributed by atoms with van der Waals surface area (Å²) in [6, 6.07) is 0. The van der Waals surface area contributed by atoms with Crippen LogP contribution in [0.5, 0.6) is 0 Å². The van der Waals surface area contributed by atoms with E-state index >= 15 is 0 Å². The number of rotatable bonds is 9. The third-order valence-electron chi connectivity index (χ3n) is 5.59. The minimum atomic E-state index is 0. The third-order valence-corrected chi connectivity index (χ3v) is 5.59. The molecule has 5 heteroatoms. The van der Waals surface area contributed by atoms with Gasteiger partial charge < -0.3 is 15.4 Å². The highest BCUT2D eigenvalue weighted by Gasteiger charge is 2.42. The molecule has 2 rings (SSSR count). The number of aliphatic imine (C=N–C) groups is 1. The number of nitrogens with one attached hydrogen (secondary N) is 2. The van der Waals surface area contributed by atoms with Gasteiger partial charge in [-0.25, -0.2) is 0 Å². The molecule has 0 spiro atoms. The van der Waals surface area contributed by atoms with Crippen LogP contribution >= 0.6 is 24.0 Å². The summed E-state index contributed by atoms with van der Waals surface area (Å²) in [5, 5.41) is 7.07. The van der Waals surface area contributed by atoms with Crippen molar-refractivity contribution in [2.24, 2.45) is 15.8 Å². The highest BCUT2D eigenvalue weighted by Crippen LogP contribution is 2.48. The van der Waals surface area contributed by atoms with Crippen molar-refractivity contribution in [3.05, 3.63) is 0 Å². The molecule has 2 aliphatic rings. The van der Waals surface area contributed by atoms with E-state index < -0.39 is 0 Å². The summed E-state index contributed by atoms with van der Waals surface area (Å²) < 4.78 is 5.50. The molecular formula is C17H34IN3O. The molecule has 0 aromatic heterocycles. The highest BCUT2D eigenvalue weighted by atomic mass is 127. The van der Waals surface area contributed by atoms with Crippen molar-refractivity contribution < 1.29 is 4.74 Å². The number of ether oxygens (including phenoxy) is 1. The van der Waals surface area contributed by atoms with Gasteiger partial charge in [0, 0.05) is 33.4 Å². The molecule has 130 valence electrons. The lowest BCUT2D eigenvalue weighted by atomic mass is 9.67. The van der Waals surface area contributed by atoms with Gasteiger partial charge in [-0.2, -0.15) is 0 Å². The Kier molecular flexibility index (Phi) is 8.46. The van der Waals surface area contributed by atoms with Gasteiger partial charge in [-0.15, -0.1) is 24.0 Å². The highest BCUT2D eigenvalue weighted by molar-refractivity contribution is 14.0. The van der Waals surface area contributed by atoms with Crippen LogP contribution in [0.25, 0.3) is 0 Å². The molecule has 0 radical (unpaired) electrons. The van der Waals surface area contributed by atoms with Crippen molar-refractivity contribution in [1.82, 2.24) is 10.6 Å². The van der Waals surface area contributed by atoms with Gasteiger partial charge in [-0.1, -0.05) is 13.3 Å². The van der Waals surface area contributed by atoms with Crippen LogP contribution in [-0.4, -0.2) is 39.3 Å². The zero-order valence-corrected chi connectivity index (χ0v) is 16.9. The van der Waals surface area contributed by atoms with E-state index in [0.29, 0.717) is 10.8 Å². The van der Waals surface area contributed by atoms with E-state index in [9.17, 15) is 0 Å². The van der Waals surface area contributed by atoms with Crippen molar-refractivity contribution >= 4 is 29.9 Å². The Bertz CT molecular complexity index is 346. The van der Waals surface area contributed by atoms with Gasteiger partial charge in [0.15, 0.2) is 5.96 Å². The average Bonchev–Trinajstić information content (AvgIpc) is 3.22. The van der Waals surface area contributed by atoms with Gasteiger partial charge >= 0.3 is 0 Å². The maximum Gasteiger partial charge on any atom is 0.191 e. The predicted molar refractivity (Wildman–Crippen MR) is 104 cm³/mol. The summed E-state index contributed by atoms with van der Waals surface area (Å²) in [5.41, 5.74) is 0.996. The lowest BCUT2D eigenvalue weighted by Gasteiger charge is -2.41. The Labute approximate surface area is 153 Å². The molecule has 2 N–H and O–H groups in total. The fourth-order valence-electron chi connectivity index (χ4n) is 3.22. The molecule has 0 aromatic carbocycles. The smallest absolute Gasteiger partial charge is 0.191 e. The van der Waals surface area contributed by atoms with Crippen LogP contribution < -0.4 is 10.6 Å². The standard InChI is InChI=1S/C17H33N3O.HI/c1-4-16(7-6-8-16)13-19-15(18-3)20-14-17(9-10-17)11-12-21-5-2;/h4-14H2,1-3H3,(H2,18,19,20);1H. The maximum atomic E-state index is 5.50. The summed E-state index contributed by atoms with van der Waals surface area (Å²) in [6.07, 6.45) is 9.21. The van der Waals surface area contributed by atoms with Gasteiger partial charge in [-0.05, 0) is 56.3 Å². The normalized spacial score (nSPS) is 21.5. The lowest BCUT2D eigenvalue weighted by Crippen LogP contribution is -2.47. The third kappa shape index (κ3) is 5.55. The van der Waals surface area contributed by atoms with Crippen LogP contribution in [0.15, 0.2) is 4.99 Å². The first-order valence-corrected chi connectivity index (χ1v) is 8.70. The Morgan fingerprint density at radius 1 is 1.05 bits per heavy atom. The van der Waals surface area contributed by atoms with Crippen LogP contribution in [0.1, 0.15) is 58.8 Å². The van der Waals surface area contributed by atoms with Crippen molar-refractivity contribution in [2.45, 2.75) is 58.8 Å². The predicted octanol–water partition coefficient (Wildman–Crippen LogP) is 3.56. The number of guanidine groups is 1. The fourth-order valence-corrected chi connectivity index (χ4v) is 3.22. The molecular weight excluding hydrogens is 389 g/mol. The summed E-state index contributed by atoms with van der Waals surface area (Å²) in [6.45, 7) is 8.18. The fraction of sp³-hybridized carbons (Fsp3) is 0.941. The van der Waals surface area contributed by atoms with Crippen LogP contribution in [0.2, 0.25) is 0 Å². The van der Waals surface area contributed by atoms with E-state index in [1.165, 1.54) is 44.9 Å². The Morgan fingerprint density at radius 3 is 2.09 bits per heavy atom. The molecule has 0 saturated heterocycles. The van der Waals surface area contributed by atoms with Crippen LogP contribution in [0.3, 0.4) is 0 Å². The summed E-state index contributed by atoms with van der Waals surface area (Å²) in [7, 11) is 1.87.